The second-order valence-electron chi connectivity index (χ2n) is 20.7. The summed E-state index contributed by atoms with van der Waals surface area (Å²) < 4.78 is 12.9. The Balaban J connectivity index is 0.000000132. The number of pyridine rings is 1. The third-order valence-electron chi connectivity index (χ3n) is 14.4. The van der Waals surface area contributed by atoms with Crippen LogP contribution in [0.4, 0.5) is 4.39 Å². The molecule has 0 unspecified atom stereocenters. The molecule has 11 aromatic carbocycles. The van der Waals surface area contributed by atoms with E-state index in [2.05, 4.69) is 75.6 Å². The number of rotatable bonds is 8. The van der Waals surface area contributed by atoms with Crippen LogP contribution >= 0.6 is 0 Å². The Morgan fingerprint density at radius 2 is 0.621 bits per heavy atom. The number of para-hydroxylation sites is 8. The molecule has 0 fully saturated rings. The molecule has 11 nitrogen and oxygen atoms in total. The predicted octanol–water partition coefficient (Wildman–Crippen LogP) is 18.6. The van der Waals surface area contributed by atoms with Gasteiger partial charge in [0.25, 0.3) is 0 Å². The van der Waals surface area contributed by atoms with E-state index in [-0.39, 0.29) is 51.7 Å². The van der Waals surface area contributed by atoms with Crippen molar-refractivity contribution in [3.63, 3.8) is 0 Å². The first-order valence-electron chi connectivity index (χ1n) is 29.7. The molecule has 0 saturated carbocycles. The largest absolute Gasteiger partial charge is 3.00 e. The molecule has 16 aromatic rings. The van der Waals surface area contributed by atoms with E-state index < -0.39 is 5.97 Å². The number of carbonyl (C=O) groups is 1. The molecule has 5 heterocycles. The van der Waals surface area contributed by atoms with Gasteiger partial charge < -0.3 is 5.11 Å². The van der Waals surface area contributed by atoms with Gasteiger partial charge in [-0.2, -0.15) is 0 Å². The van der Waals surface area contributed by atoms with Crippen LogP contribution in [-0.4, -0.2) is 55.9 Å². The second-order valence-corrected chi connectivity index (χ2v) is 20.7. The molecule has 0 saturated heterocycles. The zero-order valence-corrected chi connectivity index (χ0v) is 55.6. The Labute approximate surface area is 576 Å². The van der Waals surface area contributed by atoms with Gasteiger partial charge in [-0.05, 0) is 84.3 Å². The number of fused-ring (bicyclic) bond motifs is 4. The summed E-state index contributed by atoms with van der Waals surface area (Å²) in [4.78, 5) is 51.8. The summed E-state index contributed by atoms with van der Waals surface area (Å²) in [5.74, 6) is -1.29. The van der Waals surface area contributed by atoms with Gasteiger partial charge in [0.2, 0.25) is 0 Å². The van der Waals surface area contributed by atoms with Gasteiger partial charge in [-0.3, -0.25) is 44.3 Å². The van der Waals surface area contributed by atoms with Gasteiger partial charge in [-0.25, -0.2) is 9.78 Å². The van der Waals surface area contributed by atoms with Gasteiger partial charge in [0.05, 0.1) is 61.2 Å². The number of aryl methyl sites for hydroxylation is 1. The molecular formula is C81H54FIr2N9O2-. The van der Waals surface area contributed by atoms with Crippen LogP contribution in [0, 0.1) is 37.0 Å². The number of benzene rings is 11. The van der Waals surface area contributed by atoms with E-state index in [1.54, 1.807) is 18.2 Å². The van der Waals surface area contributed by atoms with Crippen molar-refractivity contribution in [2.75, 3.05) is 0 Å². The number of hydrogen-bond donors (Lipinski definition) is 1. The molecule has 0 aliphatic heterocycles. The molecule has 16 rings (SSSR count). The quantitative estimate of drug-likeness (QED) is 0.145. The molecule has 0 aliphatic carbocycles. The fourth-order valence-electron chi connectivity index (χ4n) is 9.96. The Kier molecular flexibility index (Phi) is 23.0. The SMILES string of the molecule is Cc1nc2ccccc2nc1-c1[c-]cc(F)cc1.O=C(O)c1ccccn1.[Ir+3].[Ir].[c-]1ccccc1-c1nc2ccccc2nc1-c1ccccc1.[c-]1ccccc1-c1nc2ccccc2nc1-c1ccccc1.[c-]1ccccc1-c1nc2ccccc2nc1-c1ccccc1. The van der Waals surface area contributed by atoms with Crippen LogP contribution in [0.2, 0.25) is 0 Å². The number of aromatic nitrogens is 9. The van der Waals surface area contributed by atoms with Gasteiger partial charge in [-0.1, -0.05) is 146 Å². The topological polar surface area (TPSA) is 153 Å². The number of carboxylic acids is 1. The van der Waals surface area contributed by atoms with Gasteiger partial charge in [0, 0.05) is 60.6 Å². The van der Waals surface area contributed by atoms with Crippen LogP contribution in [0.5, 0.6) is 0 Å². The van der Waals surface area contributed by atoms with E-state index in [4.69, 9.17) is 35.0 Å². The maximum atomic E-state index is 12.9. The summed E-state index contributed by atoms with van der Waals surface area (Å²) in [5.41, 5.74) is 20.8. The van der Waals surface area contributed by atoms with Crippen molar-refractivity contribution in [3.8, 4) is 78.8 Å². The molecule has 0 aliphatic rings. The van der Waals surface area contributed by atoms with Gasteiger partial charge >= 0.3 is 26.1 Å². The van der Waals surface area contributed by atoms with E-state index in [0.29, 0.717) is 0 Å². The maximum absolute atomic E-state index is 12.9. The molecule has 461 valence electrons. The van der Waals surface area contributed by atoms with Crippen molar-refractivity contribution in [2.45, 2.75) is 6.92 Å². The van der Waals surface area contributed by atoms with Crippen LogP contribution in [-0.2, 0) is 40.2 Å². The van der Waals surface area contributed by atoms with Crippen molar-refractivity contribution < 1.29 is 54.5 Å². The number of hydrogen-bond acceptors (Lipinski definition) is 10. The van der Waals surface area contributed by atoms with Crippen LogP contribution < -0.4 is 0 Å². The third-order valence-corrected chi connectivity index (χ3v) is 14.4. The molecule has 1 radical (unpaired) electrons. The Bertz CT molecular complexity index is 4530. The Morgan fingerprint density at radius 3 is 0.905 bits per heavy atom. The monoisotopic (exact) mass is 1590 g/mol. The van der Waals surface area contributed by atoms with Crippen LogP contribution in [0.3, 0.4) is 0 Å². The normalized spacial score (nSPS) is 10.3. The first-order chi connectivity index (χ1) is 45.8. The summed E-state index contributed by atoms with van der Waals surface area (Å²) in [7, 11) is 0. The summed E-state index contributed by atoms with van der Waals surface area (Å²) in [6.45, 7) is 1.89. The number of halogens is 1. The number of nitrogens with zero attached hydrogens (tertiary/aromatic N) is 9. The van der Waals surface area contributed by atoms with E-state index in [0.717, 1.165) is 129 Å². The molecule has 0 amide bonds. The zero-order valence-electron chi connectivity index (χ0n) is 50.8. The first kappa shape index (κ1) is 66.5. The van der Waals surface area contributed by atoms with E-state index >= 15 is 0 Å². The van der Waals surface area contributed by atoms with E-state index in [1.165, 1.54) is 24.4 Å². The van der Waals surface area contributed by atoms with Crippen molar-refractivity contribution in [2.24, 2.45) is 0 Å². The summed E-state index contributed by atoms with van der Waals surface area (Å²) >= 11 is 0. The fourth-order valence-corrected chi connectivity index (χ4v) is 9.96. The van der Waals surface area contributed by atoms with Gasteiger partial charge in [0.15, 0.2) is 0 Å². The molecule has 14 heteroatoms. The van der Waals surface area contributed by atoms with Crippen LogP contribution in [0.15, 0.2) is 303 Å². The van der Waals surface area contributed by atoms with Crippen molar-refractivity contribution in [3.05, 3.63) is 345 Å². The number of aromatic carboxylic acids is 1. The average molecular weight is 1590 g/mol. The summed E-state index contributed by atoms with van der Waals surface area (Å²) in [6.07, 6.45) is 1.45. The zero-order chi connectivity index (χ0) is 63.6. The molecular weight excluding hydrogens is 1530 g/mol. The maximum Gasteiger partial charge on any atom is 3.00 e. The van der Waals surface area contributed by atoms with Crippen molar-refractivity contribution in [1.29, 1.82) is 0 Å². The minimum Gasteiger partial charge on any atom is -0.477 e. The second kappa shape index (κ2) is 32.8. The fraction of sp³-hybridized carbons (Fsp3) is 0.0123. The number of carboxylic acid groups (broad SMARTS) is 1. The van der Waals surface area contributed by atoms with Crippen LogP contribution in [0.1, 0.15) is 16.2 Å². The predicted molar refractivity (Wildman–Crippen MR) is 367 cm³/mol. The molecule has 0 bridgehead atoms. The van der Waals surface area contributed by atoms with Gasteiger partial charge in [0.1, 0.15) is 5.69 Å². The standard InChI is InChI=1S/3C20H13N2.C15H10FN2.C6H5NO2.2Ir/c3*1-3-9-15(10-4-1)19-20(16-11-5-2-6-12-16)22-18-14-8-7-13-17(18)21-19;1-10-15(11-6-8-12(16)9-7-11)18-14-5-3-2-4-13(14)17-10;8-6(9)5-3-1-2-4-7-5;;/h3*1-11,13-14H;2-6,8-9H,1H3;1-4H,(H,8,9);;/q4*-1;;;+3. The Hall–Kier alpha value is -11.4. The minimum absolute atomic E-state index is 0. The van der Waals surface area contributed by atoms with Crippen molar-refractivity contribution in [1.82, 2.24) is 44.9 Å². The average Bonchev–Trinajstić information content (AvgIpc) is 0.890. The molecule has 1 N–H and O–H groups in total. The molecule has 95 heavy (non-hydrogen) atoms. The summed E-state index contributed by atoms with van der Waals surface area (Å²) in [5, 5.41) is 8.32. The third kappa shape index (κ3) is 16.8. The molecule has 0 spiro atoms. The molecule has 0 atom stereocenters. The summed E-state index contributed by atoms with van der Waals surface area (Å²) in [6, 6.07) is 107. The smallest absolute Gasteiger partial charge is 0.477 e. The minimum atomic E-state index is -0.990. The first-order valence-corrected chi connectivity index (χ1v) is 29.7. The van der Waals surface area contributed by atoms with Crippen molar-refractivity contribution >= 4 is 50.1 Å². The van der Waals surface area contributed by atoms with Crippen LogP contribution in [0.25, 0.3) is 123 Å². The van der Waals surface area contributed by atoms with E-state index in [1.807, 2.05) is 231 Å². The van der Waals surface area contributed by atoms with Gasteiger partial charge in [-0.15, -0.1) is 138 Å². The Morgan fingerprint density at radius 1 is 0.326 bits per heavy atom. The van der Waals surface area contributed by atoms with E-state index in [9.17, 15) is 9.18 Å². The molecule has 5 aromatic heterocycles.